The van der Waals surface area contributed by atoms with Crippen molar-refractivity contribution in [1.29, 1.82) is 0 Å². The molecule has 23 heteroatoms. The maximum Gasteiger partial charge on any atom is 0.430 e. The van der Waals surface area contributed by atoms with Gasteiger partial charge in [0.1, 0.15) is 23.4 Å². The maximum atomic E-state index is 13.2. The number of cyclic esters (lactones) is 1. The average Bonchev–Trinajstić information content (AvgIpc) is 0.829. The van der Waals surface area contributed by atoms with Gasteiger partial charge < -0.3 is 48.8 Å². The lowest BCUT2D eigenvalue weighted by molar-refractivity contribution is -0.412. The lowest BCUT2D eigenvalue weighted by atomic mass is 9.37. The molecule has 6 fully saturated rings. The number of rotatable bonds is 19. The Kier molecular flexibility index (Phi) is 23.5. The molecule has 1 saturated heterocycles. The molecule has 3 unspecified atom stereocenters. The Hall–Kier alpha value is -5.03. The summed E-state index contributed by atoms with van der Waals surface area (Å²) in [5.74, 6) is -3.66. The van der Waals surface area contributed by atoms with Gasteiger partial charge in [-0.1, -0.05) is 39.8 Å². The molecule has 1 aromatic carbocycles. The minimum absolute atomic E-state index is 0.00565. The Morgan fingerprint density at radius 1 is 0.586 bits per heavy atom. The van der Waals surface area contributed by atoms with E-state index < -0.39 is 117 Å². The number of hydrogen-bond donors (Lipinski definition) is 4. The molecule has 4 bridgehead atoms. The normalized spacial score (nSPS) is 23.9. The van der Waals surface area contributed by atoms with E-state index in [0.29, 0.717) is 55.9 Å². The minimum atomic E-state index is -6.02. The molecule has 7 rings (SSSR count). The van der Waals surface area contributed by atoms with Crippen LogP contribution in [0, 0.1) is 38.4 Å². The number of carboxylic acid groups (broad SMARTS) is 1. The van der Waals surface area contributed by atoms with E-state index >= 15 is 0 Å². The molecule has 5 saturated carbocycles. The van der Waals surface area contributed by atoms with Gasteiger partial charge in [-0.2, -0.15) is 26.3 Å². The zero-order valence-corrected chi connectivity index (χ0v) is 54.3. The number of carbonyl (C=O) groups is 7. The van der Waals surface area contributed by atoms with E-state index in [1.807, 2.05) is 76.2 Å². The number of halogens is 6. The fourth-order valence-electron chi connectivity index (χ4n) is 11.8. The van der Waals surface area contributed by atoms with Crippen LogP contribution in [0.1, 0.15) is 233 Å². The number of esters is 6. The summed E-state index contributed by atoms with van der Waals surface area (Å²) in [6.45, 7) is 32.5. The fourth-order valence-corrected chi connectivity index (χ4v) is 11.8. The van der Waals surface area contributed by atoms with Gasteiger partial charge in [0.15, 0.2) is 5.60 Å². The third-order valence-corrected chi connectivity index (χ3v) is 19.4. The molecule has 498 valence electrons. The standard InChI is InChI=1S/C22H38O4.C18H24O6.C14H20F6O3.C10H16O4/c1-8-17(2,3)16(23)26-22-11-15-9-20(13-22,18(4,5)24)12-21(10-15,14-22)19(6,7)25;1-6-17(2,3)16(22)23-13-9-7-12(8-10-13)18(4,5)24-15(21)11-14(19)20;1-4-10(2,3)9(21)23-11(7-5-6-8-11)12(22,13(15,16)17)14(18,19)20;1-4-10(2,3)9(12)14-7-5-6-13-8(7)11/h15,24-25H,8-14H2,1-7H3;7-10H,6,11H2,1-5H3,(H,19,20);22H,4-8H2,1-3H3;7H,4-6H2,1-3H3. The zero-order valence-electron chi connectivity index (χ0n) is 54.3. The molecule has 4 N–H and O–H groups in total. The second kappa shape index (κ2) is 26.8. The second-order valence-electron chi connectivity index (χ2n) is 28.8. The fraction of sp³-hybridized carbons (Fsp3) is 0.797. The number of hydrogen-bond acceptors (Lipinski definition) is 16. The van der Waals surface area contributed by atoms with Crippen LogP contribution in [0.15, 0.2) is 24.3 Å². The number of aliphatic carboxylic acids is 1. The summed E-state index contributed by atoms with van der Waals surface area (Å²) in [5, 5.41) is 40.5. The van der Waals surface area contributed by atoms with Crippen LogP contribution in [0.5, 0.6) is 5.75 Å². The highest BCUT2D eigenvalue weighted by atomic mass is 19.4. The summed E-state index contributed by atoms with van der Waals surface area (Å²) in [6.07, 6.45) is -7.08. The van der Waals surface area contributed by atoms with Gasteiger partial charge in [-0.15, -0.1) is 0 Å². The van der Waals surface area contributed by atoms with Crippen LogP contribution < -0.4 is 4.74 Å². The van der Waals surface area contributed by atoms with Crippen LogP contribution in [0.3, 0.4) is 0 Å². The number of alkyl halides is 6. The molecule has 0 amide bonds. The lowest BCUT2D eigenvalue weighted by Crippen LogP contribution is -2.71. The van der Waals surface area contributed by atoms with Crippen molar-refractivity contribution >= 4 is 41.8 Å². The van der Waals surface area contributed by atoms with Gasteiger partial charge in [0.25, 0.3) is 5.60 Å². The van der Waals surface area contributed by atoms with Crippen LogP contribution in [-0.2, 0) is 62.8 Å². The number of carbonyl (C=O) groups excluding carboxylic acids is 6. The van der Waals surface area contributed by atoms with E-state index in [-0.39, 0.29) is 48.0 Å². The predicted octanol–water partition coefficient (Wildman–Crippen LogP) is 12.9. The Labute approximate surface area is 509 Å². The molecular formula is C64H98F6O17. The van der Waals surface area contributed by atoms with Gasteiger partial charge in [-0.05, 0) is 210 Å². The predicted molar refractivity (Wildman–Crippen MR) is 307 cm³/mol. The van der Waals surface area contributed by atoms with Crippen molar-refractivity contribution in [2.45, 2.75) is 279 Å². The monoisotopic (exact) mass is 1250 g/mol. The van der Waals surface area contributed by atoms with Gasteiger partial charge in [0.2, 0.25) is 6.10 Å². The molecular weight excluding hydrogens is 1150 g/mol. The molecule has 0 radical (unpaired) electrons. The van der Waals surface area contributed by atoms with E-state index in [1.54, 1.807) is 58.9 Å². The van der Waals surface area contributed by atoms with Crippen LogP contribution in [-0.4, -0.2) is 115 Å². The summed E-state index contributed by atoms with van der Waals surface area (Å²) in [7, 11) is 0. The van der Waals surface area contributed by atoms with E-state index in [0.717, 1.165) is 32.1 Å². The summed E-state index contributed by atoms with van der Waals surface area (Å²) in [4.78, 5) is 81.7. The van der Waals surface area contributed by atoms with Crippen molar-refractivity contribution in [3.8, 4) is 5.75 Å². The van der Waals surface area contributed by atoms with E-state index in [4.69, 9.17) is 33.5 Å². The molecule has 0 aromatic heterocycles. The summed E-state index contributed by atoms with van der Waals surface area (Å²) < 4.78 is 110. The minimum Gasteiger partial charge on any atom is -0.481 e. The topological polar surface area (TPSA) is 256 Å². The van der Waals surface area contributed by atoms with Gasteiger partial charge in [-0.25, -0.2) is 4.79 Å². The van der Waals surface area contributed by atoms with Crippen molar-refractivity contribution < 1.29 is 109 Å². The molecule has 0 spiro atoms. The molecule has 1 heterocycles. The largest absolute Gasteiger partial charge is 0.481 e. The van der Waals surface area contributed by atoms with Gasteiger partial charge in [0.05, 0.1) is 39.5 Å². The molecule has 87 heavy (non-hydrogen) atoms. The van der Waals surface area contributed by atoms with Crippen LogP contribution in [0.2, 0.25) is 0 Å². The molecule has 17 nitrogen and oxygen atoms in total. The Bertz CT molecular complexity index is 2550. The highest BCUT2D eigenvalue weighted by Gasteiger charge is 2.81. The van der Waals surface area contributed by atoms with Crippen molar-refractivity contribution in [3.05, 3.63) is 29.8 Å². The van der Waals surface area contributed by atoms with Gasteiger partial charge in [0, 0.05) is 17.3 Å². The van der Waals surface area contributed by atoms with Gasteiger partial charge in [-0.3, -0.25) is 28.8 Å². The second-order valence-corrected chi connectivity index (χ2v) is 28.8. The van der Waals surface area contributed by atoms with Crippen molar-refractivity contribution in [3.63, 3.8) is 0 Å². The van der Waals surface area contributed by atoms with Crippen molar-refractivity contribution in [1.82, 2.24) is 0 Å². The molecule has 3 atom stereocenters. The Balaban J connectivity index is 0.000000310. The SMILES string of the molecule is CCC(C)(C)C(=O)OC1(C(O)(C(F)(F)F)C(F)(F)F)CCCC1.CCC(C)(C)C(=O)OC12CC3CC(C(C)(C)O)(C1)CC(C(C)(C)O)(C3)C2.CCC(C)(C)C(=O)OC1CCOC1=O.CCC(C)(C)C(=O)Oc1ccc(C(C)(C)OC(=O)CC(=O)O)cc1. The third-order valence-electron chi connectivity index (χ3n) is 19.4. The molecule has 1 aromatic rings. The molecule has 5 aliphatic carbocycles. The van der Waals surface area contributed by atoms with Crippen LogP contribution in [0.4, 0.5) is 26.3 Å². The highest BCUT2D eigenvalue weighted by molar-refractivity contribution is 5.90. The average molecular weight is 1250 g/mol. The van der Waals surface area contributed by atoms with E-state index in [1.165, 1.54) is 13.8 Å². The summed E-state index contributed by atoms with van der Waals surface area (Å²) in [6, 6.07) is 6.59. The number of benzene rings is 1. The highest BCUT2D eigenvalue weighted by Crippen LogP contribution is 2.72. The first-order valence-corrected chi connectivity index (χ1v) is 30.1. The molecule has 6 aliphatic rings. The van der Waals surface area contributed by atoms with E-state index in [2.05, 4.69) is 0 Å². The Morgan fingerprint density at radius 2 is 1.00 bits per heavy atom. The smallest absolute Gasteiger partial charge is 0.430 e. The number of carboxylic acids is 1. The lowest BCUT2D eigenvalue weighted by Gasteiger charge is -2.70. The van der Waals surface area contributed by atoms with Crippen LogP contribution in [0.25, 0.3) is 0 Å². The third kappa shape index (κ3) is 17.3. The first kappa shape index (κ1) is 76.2. The first-order valence-electron chi connectivity index (χ1n) is 30.1. The van der Waals surface area contributed by atoms with Crippen molar-refractivity contribution in [2.24, 2.45) is 38.4 Å². The number of aliphatic hydroxyl groups is 3. The zero-order chi connectivity index (χ0) is 67.4. The van der Waals surface area contributed by atoms with Crippen LogP contribution >= 0.6 is 0 Å². The maximum absolute atomic E-state index is 13.2. The number of ether oxygens (including phenoxy) is 6. The first-order chi connectivity index (χ1) is 39.2. The molecule has 1 aliphatic heterocycles. The summed E-state index contributed by atoms with van der Waals surface area (Å²) in [5.41, 5.74) is -14.2. The summed E-state index contributed by atoms with van der Waals surface area (Å²) >= 11 is 0. The van der Waals surface area contributed by atoms with E-state index in [9.17, 15) is 75.2 Å². The Morgan fingerprint density at radius 3 is 1.38 bits per heavy atom. The van der Waals surface area contributed by atoms with Crippen molar-refractivity contribution in [2.75, 3.05) is 6.61 Å². The van der Waals surface area contributed by atoms with Gasteiger partial charge >= 0.3 is 54.1 Å². The quantitative estimate of drug-likeness (QED) is 0.0330.